The van der Waals surface area contributed by atoms with E-state index in [1.807, 2.05) is 13.0 Å². The Kier molecular flexibility index (Phi) is 4.02. The normalized spacial score (nSPS) is 28.9. The van der Waals surface area contributed by atoms with Crippen molar-refractivity contribution in [3.63, 3.8) is 0 Å². The highest BCUT2D eigenvalue weighted by Crippen LogP contribution is 2.40. The number of likely N-dealkylation sites (tertiary alicyclic amines) is 1. The van der Waals surface area contributed by atoms with E-state index in [1.54, 1.807) is 0 Å². The molecule has 3 rings (SSSR count). The maximum Gasteiger partial charge on any atom is 0.120 e. The van der Waals surface area contributed by atoms with Crippen LogP contribution in [0.3, 0.4) is 0 Å². The first-order chi connectivity index (χ1) is 9.66. The van der Waals surface area contributed by atoms with E-state index in [9.17, 15) is 5.11 Å². The largest absolute Gasteiger partial charge is 0.508 e. The summed E-state index contributed by atoms with van der Waals surface area (Å²) in [5.41, 5.74) is 2.23. The highest BCUT2D eigenvalue weighted by Gasteiger charge is 2.36. The van der Waals surface area contributed by atoms with E-state index in [0.717, 1.165) is 23.1 Å². The van der Waals surface area contributed by atoms with Crippen LogP contribution in [0.2, 0.25) is 0 Å². The second kappa shape index (κ2) is 5.77. The molecule has 1 N–H and O–H groups in total. The standard InChI is InChI=1S/C18H27NO/c1-13-9-10-16(18(20)12-13)14(2)19-11-5-7-15-6-3-4-8-17(15)19/h9-10,12,14-15,17,20H,3-8,11H2,1-2H3. The Bertz CT molecular complexity index is 468. The van der Waals surface area contributed by atoms with Crippen molar-refractivity contribution in [1.29, 1.82) is 0 Å². The van der Waals surface area contributed by atoms with E-state index in [4.69, 9.17) is 0 Å². The molecule has 110 valence electrons. The van der Waals surface area contributed by atoms with Crippen LogP contribution in [0, 0.1) is 12.8 Å². The molecule has 1 aliphatic heterocycles. The van der Waals surface area contributed by atoms with Gasteiger partial charge in [-0.15, -0.1) is 0 Å². The van der Waals surface area contributed by atoms with Crippen molar-refractivity contribution in [2.45, 2.75) is 64.5 Å². The van der Waals surface area contributed by atoms with Gasteiger partial charge < -0.3 is 5.11 Å². The highest BCUT2D eigenvalue weighted by molar-refractivity contribution is 5.38. The van der Waals surface area contributed by atoms with Crippen molar-refractivity contribution in [3.8, 4) is 5.75 Å². The van der Waals surface area contributed by atoms with Crippen LogP contribution in [0.1, 0.15) is 62.6 Å². The fourth-order valence-electron chi connectivity index (χ4n) is 4.33. The predicted octanol–water partition coefficient (Wildman–Crippen LogP) is 4.42. The molecule has 3 unspecified atom stereocenters. The van der Waals surface area contributed by atoms with Gasteiger partial charge in [0.2, 0.25) is 0 Å². The molecule has 2 fully saturated rings. The van der Waals surface area contributed by atoms with Crippen molar-refractivity contribution in [3.05, 3.63) is 29.3 Å². The van der Waals surface area contributed by atoms with Gasteiger partial charge in [0, 0.05) is 17.6 Å². The highest BCUT2D eigenvalue weighted by atomic mass is 16.3. The summed E-state index contributed by atoms with van der Waals surface area (Å²) in [7, 11) is 0. The van der Waals surface area contributed by atoms with Crippen LogP contribution in [-0.2, 0) is 0 Å². The van der Waals surface area contributed by atoms with E-state index in [0.29, 0.717) is 11.8 Å². The first-order valence-corrected chi connectivity index (χ1v) is 8.22. The Labute approximate surface area is 122 Å². The molecule has 0 amide bonds. The Morgan fingerprint density at radius 2 is 1.90 bits per heavy atom. The topological polar surface area (TPSA) is 23.5 Å². The molecule has 20 heavy (non-hydrogen) atoms. The lowest BCUT2D eigenvalue weighted by atomic mass is 9.77. The van der Waals surface area contributed by atoms with Gasteiger partial charge in [-0.2, -0.15) is 0 Å². The zero-order valence-corrected chi connectivity index (χ0v) is 12.8. The lowest BCUT2D eigenvalue weighted by Gasteiger charge is -2.47. The molecule has 1 aliphatic carbocycles. The van der Waals surface area contributed by atoms with Crippen LogP contribution in [0.5, 0.6) is 5.75 Å². The number of nitrogens with zero attached hydrogens (tertiary/aromatic N) is 1. The summed E-state index contributed by atoms with van der Waals surface area (Å²) in [4.78, 5) is 2.66. The first kappa shape index (κ1) is 13.9. The van der Waals surface area contributed by atoms with Gasteiger partial charge in [0.05, 0.1) is 0 Å². The first-order valence-electron chi connectivity index (χ1n) is 8.22. The fourth-order valence-corrected chi connectivity index (χ4v) is 4.33. The number of piperidine rings is 1. The average molecular weight is 273 g/mol. The summed E-state index contributed by atoms with van der Waals surface area (Å²) in [6.45, 7) is 5.49. The summed E-state index contributed by atoms with van der Waals surface area (Å²) in [6.07, 6.45) is 8.28. The molecule has 0 radical (unpaired) electrons. The maximum absolute atomic E-state index is 10.3. The molecule has 1 saturated carbocycles. The van der Waals surface area contributed by atoms with E-state index >= 15 is 0 Å². The van der Waals surface area contributed by atoms with Gasteiger partial charge in [0.15, 0.2) is 0 Å². The molecule has 1 aromatic carbocycles. The number of hydrogen-bond acceptors (Lipinski definition) is 2. The Hall–Kier alpha value is -1.02. The van der Waals surface area contributed by atoms with Gasteiger partial charge in [-0.05, 0) is 63.6 Å². The van der Waals surface area contributed by atoms with Gasteiger partial charge in [-0.25, -0.2) is 0 Å². The molecule has 1 aromatic rings. The molecular formula is C18H27NO. The lowest BCUT2D eigenvalue weighted by Crippen LogP contribution is -2.47. The van der Waals surface area contributed by atoms with Gasteiger partial charge in [0.1, 0.15) is 5.75 Å². The van der Waals surface area contributed by atoms with Crippen molar-refractivity contribution < 1.29 is 5.11 Å². The van der Waals surface area contributed by atoms with Crippen LogP contribution < -0.4 is 0 Å². The third kappa shape index (κ3) is 2.58. The predicted molar refractivity (Wildman–Crippen MR) is 82.9 cm³/mol. The lowest BCUT2D eigenvalue weighted by molar-refractivity contribution is 0.0301. The number of phenolic OH excluding ortho intramolecular Hbond substituents is 1. The smallest absolute Gasteiger partial charge is 0.120 e. The van der Waals surface area contributed by atoms with Gasteiger partial charge in [-0.1, -0.05) is 25.0 Å². The number of benzene rings is 1. The second-order valence-electron chi connectivity index (χ2n) is 6.73. The van der Waals surface area contributed by atoms with Gasteiger partial charge >= 0.3 is 0 Å². The SMILES string of the molecule is Cc1ccc(C(C)N2CCCC3CCCCC32)c(O)c1. The Balaban J connectivity index is 1.83. The van der Waals surface area contributed by atoms with Crippen LogP contribution in [0.15, 0.2) is 18.2 Å². The number of aryl methyl sites for hydroxylation is 1. The molecule has 0 spiro atoms. The van der Waals surface area contributed by atoms with E-state index in [2.05, 4.69) is 24.0 Å². The summed E-state index contributed by atoms with van der Waals surface area (Å²) in [6, 6.07) is 7.21. The molecule has 0 bridgehead atoms. The minimum atomic E-state index is 0.335. The minimum Gasteiger partial charge on any atom is -0.508 e. The van der Waals surface area contributed by atoms with E-state index in [-0.39, 0.29) is 0 Å². The summed E-state index contributed by atoms with van der Waals surface area (Å²) in [5, 5.41) is 10.3. The monoisotopic (exact) mass is 273 g/mol. The third-order valence-electron chi connectivity index (χ3n) is 5.42. The second-order valence-corrected chi connectivity index (χ2v) is 6.73. The molecule has 2 nitrogen and oxygen atoms in total. The van der Waals surface area contributed by atoms with Crippen LogP contribution in [0.4, 0.5) is 0 Å². The van der Waals surface area contributed by atoms with Crippen LogP contribution in [0.25, 0.3) is 0 Å². The summed E-state index contributed by atoms with van der Waals surface area (Å²) in [5.74, 6) is 1.36. The van der Waals surface area contributed by atoms with Crippen molar-refractivity contribution in [1.82, 2.24) is 4.90 Å². The van der Waals surface area contributed by atoms with Crippen LogP contribution in [-0.4, -0.2) is 22.6 Å². The van der Waals surface area contributed by atoms with Gasteiger partial charge in [-0.3, -0.25) is 4.90 Å². The summed E-state index contributed by atoms with van der Waals surface area (Å²) < 4.78 is 0. The fraction of sp³-hybridized carbons (Fsp3) is 0.667. The zero-order valence-electron chi connectivity index (χ0n) is 12.8. The number of aromatic hydroxyl groups is 1. The average Bonchev–Trinajstić information content (AvgIpc) is 2.46. The molecule has 2 aliphatic rings. The third-order valence-corrected chi connectivity index (χ3v) is 5.42. The number of hydrogen-bond donors (Lipinski definition) is 1. The quantitative estimate of drug-likeness (QED) is 0.862. The van der Waals surface area contributed by atoms with Gasteiger partial charge in [0.25, 0.3) is 0 Å². The summed E-state index contributed by atoms with van der Waals surface area (Å²) >= 11 is 0. The zero-order chi connectivity index (χ0) is 14.1. The molecule has 3 atom stereocenters. The number of phenols is 1. The van der Waals surface area contributed by atoms with Crippen molar-refractivity contribution >= 4 is 0 Å². The van der Waals surface area contributed by atoms with Crippen molar-refractivity contribution in [2.24, 2.45) is 5.92 Å². The molecular weight excluding hydrogens is 246 g/mol. The molecule has 1 saturated heterocycles. The molecule has 1 heterocycles. The minimum absolute atomic E-state index is 0.335. The maximum atomic E-state index is 10.3. The number of rotatable bonds is 2. The Morgan fingerprint density at radius 3 is 2.70 bits per heavy atom. The van der Waals surface area contributed by atoms with E-state index < -0.39 is 0 Å². The van der Waals surface area contributed by atoms with Crippen LogP contribution >= 0.6 is 0 Å². The van der Waals surface area contributed by atoms with Crippen molar-refractivity contribution in [2.75, 3.05) is 6.54 Å². The van der Waals surface area contributed by atoms with E-state index in [1.165, 1.54) is 45.1 Å². The molecule has 0 aromatic heterocycles. The number of fused-ring (bicyclic) bond motifs is 1. The Morgan fingerprint density at radius 1 is 1.15 bits per heavy atom. The molecule has 2 heteroatoms.